The van der Waals surface area contributed by atoms with Crippen LogP contribution >= 0.6 is 0 Å². The third-order valence-corrected chi connectivity index (χ3v) is 3.52. The lowest BCUT2D eigenvalue weighted by Gasteiger charge is -2.08. The lowest BCUT2D eigenvalue weighted by molar-refractivity contribution is -0.126. The first-order chi connectivity index (χ1) is 12.6. The summed E-state index contributed by atoms with van der Waals surface area (Å²) in [6.07, 6.45) is 0.383. The van der Waals surface area contributed by atoms with Crippen molar-refractivity contribution >= 4 is 17.7 Å². The topological polar surface area (TPSA) is 109 Å². The fourth-order valence-electron chi connectivity index (χ4n) is 2.13. The molecule has 0 fully saturated rings. The van der Waals surface area contributed by atoms with E-state index in [1.165, 1.54) is 0 Å². The van der Waals surface area contributed by atoms with Gasteiger partial charge in [0, 0.05) is 51.1 Å². The van der Waals surface area contributed by atoms with Crippen LogP contribution in [0.1, 0.15) is 30.1 Å². The molecular weight excluding hydrogens is 336 g/mol. The lowest BCUT2D eigenvalue weighted by Crippen LogP contribution is -2.36. The summed E-state index contributed by atoms with van der Waals surface area (Å²) in [7, 11) is 1.58. The van der Waals surface area contributed by atoms with Gasteiger partial charge in [-0.2, -0.15) is 0 Å². The molecule has 4 N–H and O–H groups in total. The molecule has 0 aromatic heterocycles. The molecule has 0 spiro atoms. The van der Waals surface area contributed by atoms with Gasteiger partial charge in [-0.15, -0.1) is 0 Å². The van der Waals surface area contributed by atoms with Crippen LogP contribution < -0.4 is 26.0 Å². The molecular formula is C18H28N4O4. The van der Waals surface area contributed by atoms with Crippen molar-refractivity contribution in [2.45, 2.75) is 19.8 Å². The van der Waals surface area contributed by atoms with Crippen LogP contribution in [0.4, 0.5) is 0 Å². The summed E-state index contributed by atoms with van der Waals surface area (Å²) in [6.45, 7) is 4.54. The van der Waals surface area contributed by atoms with Gasteiger partial charge >= 0.3 is 0 Å². The Bertz CT molecular complexity index is 575. The predicted molar refractivity (Wildman–Crippen MR) is 99.1 cm³/mol. The molecule has 8 heteroatoms. The van der Waals surface area contributed by atoms with Crippen molar-refractivity contribution in [1.29, 1.82) is 0 Å². The largest absolute Gasteiger partial charge is 0.497 e. The van der Waals surface area contributed by atoms with E-state index in [0.29, 0.717) is 44.0 Å². The van der Waals surface area contributed by atoms with Crippen LogP contribution in [0.5, 0.6) is 5.75 Å². The standard InChI is InChI=1S/C18H28N4O4/c1-3-20-16(23)8-9-17(24)21-12-10-19-11-13-22-18(25)14-4-6-15(26-2)7-5-14/h4-7,19H,3,8-13H2,1-2H3,(H,20,23)(H,21,24)(H,22,25). The Morgan fingerprint density at radius 3 is 2.00 bits per heavy atom. The molecule has 1 aromatic rings. The Labute approximate surface area is 154 Å². The van der Waals surface area contributed by atoms with Gasteiger partial charge in [0.15, 0.2) is 0 Å². The number of carbonyl (C=O) groups is 3. The molecule has 1 rings (SSSR count). The summed E-state index contributed by atoms with van der Waals surface area (Å²) in [4.78, 5) is 34.7. The zero-order valence-electron chi connectivity index (χ0n) is 15.4. The first kappa shape index (κ1) is 21.4. The van der Waals surface area contributed by atoms with E-state index < -0.39 is 0 Å². The van der Waals surface area contributed by atoms with E-state index in [1.54, 1.807) is 31.4 Å². The molecule has 0 atom stereocenters. The molecule has 0 radical (unpaired) electrons. The van der Waals surface area contributed by atoms with Crippen LogP contribution in [0.15, 0.2) is 24.3 Å². The van der Waals surface area contributed by atoms with Crippen molar-refractivity contribution in [3.8, 4) is 5.75 Å². The number of methoxy groups -OCH3 is 1. The fraction of sp³-hybridized carbons (Fsp3) is 0.500. The SMILES string of the molecule is CCNC(=O)CCC(=O)NCCNCCNC(=O)c1ccc(OC)cc1. The van der Waals surface area contributed by atoms with Gasteiger partial charge in [0.25, 0.3) is 5.91 Å². The second-order valence-electron chi connectivity index (χ2n) is 5.54. The van der Waals surface area contributed by atoms with E-state index in [0.717, 1.165) is 0 Å². The fourth-order valence-corrected chi connectivity index (χ4v) is 2.13. The second-order valence-corrected chi connectivity index (χ2v) is 5.54. The first-order valence-electron chi connectivity index (χ1n) is 8.73. The first-order valence-corrected chi connectivity index (χ1v) is 8.73. The van der Waals surface area contributed by atoms with Crippen LogP contribution in [0.25, 0.3) is 0 Å². The Morgan fingerprint density at radius 1 is 0.846 bits per heavy atom. The number of benzene rings is 1. The van der Waals surface area contributed by atoms with Crippen molar-refractivity contribution in [3.63, 3.8) is 0 Å². The predicted octanol–water partition coefficient (Wildman–Crippen LogP) is 0.0471. The highest BCUT2D eigenvalue weighted by Gasteiger charge is 2.06. The third-order valence-electron chi connectivity index (χ3n) is 3.52. The van der Waals surface area contributed by atoms with E-state index in [2.05, 4.69) is 21.3 Å². The minimum Gasteiger partial charge on any atom is -0.497 e. The molecule has 144 valence electrons. The number of ether oxygens (including phenoxy) is 1. The normalized spacial score (nSPS) is 10.1. The molecule has 0 aliphatic rings. The molecule has 0 heterocycles. The van der Waals surface area contributed by atoms with Crippen molar-refractivity contribution in [3.05, 3.63) is 29.8 Å². The van der Waals surface area contributed by atoms with Gasteiger partial charge in [-0.05, 0) is 31.2 Å². The van der Waals surface area contributed by atoms with Crippen LogP contribution in [0.2, 0.25) is 0 Å². The van der Waals surface area contributed by atoms with Crippen molar-refractivity contribution in [2.75, 3.05) is 39.8 Å². The Kier molecular flexibility index (Phi) is 10.5. The highest BCUT2D eigenvalue weighted by atomic mass is 16.5. The number of carbonyl (C=O) groups excluding carboxylic acids is 3. The van der Waals surface area contributed by atoms with Crippen molar-refractivity contribution in [2.24, 2.45) is 0 Å². The van der Waals surface area contributed by atoms with Crippen LogP contribution in [-0.4, -0.2) is 57.6 Å². The van der Waals surface area contributed by atoms with Crippen molar-refractivity contribution < 1.29 is 19.1 Å². The molecule has 0 saturated carbocycles. The highest BCUT2D eigenvalue weighted by molar-refractivity contribution is 5.94. The molecule has 3 amide bonds. The van der Waals surface area contributed by atoms with Gasteiger partial charge in [0.05, 0.1) is 7.11 Å². The number of amides is 3. The van der Waals surface area contributed by atoms with Crippen LogP contribution in [0, 0.1) is 0 Å². The number of rotatable bonds is 12. The maximum atomic E-state index is 11.9. The van der Waals surface area contributed by atoms with Gasteiger partial charge in [0.1, 0.15) is 5.75 Å². The smallest absolute Gasteiger partial charge is 0.251 e. The molecule has 0 saturated heterocycles. The number of hydrogen-bond donors (Lipinski definition) is 4. The molecule has 0 unspecified atom stereocenters. The van der Waals surface area contributed by atoms with Gasteiger partial charge < -0.3 is 26.0 Å². The quantitative estimate of drug-likeness (QED) is 0.392. The van der Waals surface area contributed by atoms with Gasteiger partial charge in [-0.1, -0.05) is 0 Å². The lowest BCUT2D eigenvalue weighted by atomic mass is 10.2. The summed E-state index contributed by atoms with van der Waals surface area (Å²) in [5, 5.41) is 11.3. The summed E-state index contributed by atoms with van der Waals surface area (Å²) < 4.78 is 5.05. The number of hydrogen-bond acceptors (Lipinski definition) is 5. The molecule has 26 heavy (non-hydrogen) atoms. The molecule has 8 nitrogen and oxygen atoms in total. The van der Waals surface area contributed by atoms with E-state index in [1.807, 2.05) is 6.92 Å². The monoisotopic (exact) mass is 364 g/mol. The second kappa shape index (κ2) is 12.7. The van der Waals surface area contributed by atoms with Gasteiger partial charge in [-0.3, -0.25) is 14.4 Å². The van der Waals surface area contributed by atoms with Crippen LogP contribution in [-0.2, 0) is 9.59 Å². The van der Waals surface area contributed by atoms with E-state index in [4.69, 9.17) is 4.74 Å². The summed E-state index contributed by atoms with van der Waals surface area (Å²) in [6, 6.07) is 6.89. The van der Waals surface area contributed by atoms with E-state index >= 15 is 0 Å². The third kappa shape index (κ3) is 9.03. The maximum Gasteiger partial charge on any atom is 0.251 e. The van der Waals surface area contributed by atoms with E-state index in [-0.39, 0.29) is 30.6 Å². The van der Waals surface area contributed by atoms with Gasteiger partial charge in [-0.25, -0.2) is 0 Å². The zero-order valence-corrected chi connectivity index (χ0v) is 15.4. The Hall–Kier alpha value is -2.61. The summed E-state index contributed by atoms with van der Waals surface area (Å²) in [5.41, 5.74) is 0.574. The molecule has 0 bridgehead atoms. The number of nitrogens with one attached hydrogen (secondary N) is 4. The minimum absolute atomic E-state index is 0.117. The van der Waals surface area contributed by atoms with Crippen LogP contribution in [0.3, 0.4) is 0 Å². The highest BCUT2D eigenvalue weighted by Crippen LogP contribution is 2.10. The van der Waals surface area contributed by atoms with Crippen molar-refractivity contribution in [1.82, 2.24) is 21.3 Å². The Morgan fingerprint density at radius 2 is 1.42 bits per heavy atom. The Balaban J connectivity index is 2.03. The maximum absolute atomic E-state index is 11.9. The molecule has 0 aliphatic heterocycles. The summed E-state index contributed by atoms with van der Waals surface area (Å²) in [5.74, 6) is 0.295. The average molecular weight is 364 g/mol. The molecule has 0 aliphatic carbocycles. The molecule has 1 aromatic carbocycles. The van der Waals surface area contributed by atoms with Gasteiger partial charge in [0.2, 0.25) is 11.8 Å². The average Bonchev–Trinajstić information content (AvgIpc) is 2.65. The zero-order chi connectivity index (χ0) is 19.2. The summed E-state index contributed by atoms with van der Waals surface area (Å²) >= 11 is 0. The van der Waals surface area contributed by atoms with E-state index in [9.17, 15) is 14.4 Å². The minimum atomic E-state index is -0.147.